The first kappa shape index (κ1) is 18.9. The van der Waals surface area contributed by atoms with E-state index in [0.29, 0.717) is 5.56 Å². The molecule has 0 saturated heterocycles. The average Bonchev–Trinajstić information content (AvgIpc) is 2.69. The fourth-order valence-electron chi connectivity index (χ4n) is 2.47. The van der Waals surface area contributed by atoms with E-state index in [2.05, 4.69) is 0 Å². The lowest BCUT2D eigenvalue weighted by atomic mass is 10.0. The van der Waals surface area contributed by atoms with Crippen LogP contribution >= 0.6 is 0 Å². The maximum Gasteiger partial charge on any atom is 0.343 e. The highest BCUT2D eigenvalue weighted by molar-refractivity contribution is 5.92. The Morgan fingerprint density at radius 2 is 1.68 bits per heavy atom. The molecule has 0 atom stereocenters. The second-order valence-electron chi connectivity index (χ2n) is 5.74. The normalized spacial score (nSPS) is 11.0. The highest BCUT2D eigenvalue weighted by atomic mass is 19.2. The molecule has 0 amide bonds. The Labute approximate surface area is 158 Å². The van der Waals surface area contributed by atoms with E-state index >= 15 is 0 Å². The van der Waals surface area contributed by atoms with E-state index in [1.165, 1.54) is 36.4 Å². The Morgan fingerprint density at radius 3 is 2.39 bits per heavy atom. The molecule has 0 N–H and O–H groups in total. The average molecular weight is 379 g/mol. The summed E-state index contributed by atoms with van der Waals surface area (Å²) < 4.78 is 45.3. The molecule has 0 spiro atoms. The van der Waals surface area contributed by atoms with Gasteiger partial charge in [0.05, 0.1) is 17.2 Å². The van der Waals surface area contributed by atoms with Crippen molar-refractivity contribution in [3.8, 4) is 11.8 Å². The molecule has 0 aliphatic heterocycles. The summed E-state index contributed by atoms with van der Waals surface area (Å²) in [6, 6.07) is 16.7. The van der Waals surface area contributed by atoms with Gasteiger partial charge in [-0.25, -0.2) is 18.0 Å². The first-order valence-corrected chi connectivity index (χ1v) is 8.12. The molecular formula is C22H12F3NO2. The molecule has 3 aromatic carbocycles. The summed E-state index contributed by atoms with van der Waals surface area (Å²) in [5.41, 5.74) is 0.593. The molecule has 6 heteroatoms. The first-order chi connectivity index (χ1) is 13.5. The van der Waals surface area contributed by atoms with Gasteiger partial charge in [-0.15, -0.1) is 0 Å². The van der Waals surface area contributed by atoms with E-state index in [4.69, 9.17) is 4.74 Å². The molecule has 0 fully saturated rings. The van der Waals surface area contributed by atoms with Gasteiger partial charge in [-0.3, -0.25) is 0 Å². The van der Waals surface area contributed by atoms with Gasteiger partial charge in [-0.2, -0.15) is 5.26 Å². The van der Waals surface area contributed by atoms with E-state index in [1.54, 1.807) is 18.2 Å². The number of hydrogen-bond donors (Lipinski definition) is 0. The lowest BCUT2D eigenvalue weighted by Crippen LogP contribution is -2.09. The van der Waals surface area contributed by atoms with E-state index in [-0.39, 0.29) is 22.4 Å². The van der Waals surface area contributed by atoms with Crippen molar-refractivity contribution in [1.82, 2.24) is 0 Å². The molecule has 0 bridgehead atoms. The maximum absolute atomic E-state index is 13.9. The lowest BCUT2D eigenvalue weighted by Gasteiger charge is -2.06. The van der Waals surface area contributed by atoms with Crippen molar-refractivity contribution in [1.29, 1.82) is 5.26 Å². The van der Waals surface area contributed by atoms with Crippen LogP contribution in [-0.2, 0) is 0 Å². The number of hydrogen-bond acceptors (Lipinski definition) is 3. The molecule has 0 unspecified atom stereocenters. The quantitative estimate of drug-likeness (QED) is 0.264. The molecule has 0 radical (unpaired) electrons. The van der Waals surface area contributed by atoms with Crippen molar-refractivity contribution >= 4 is 17.6 Å². The van der Waals surface area contributed by atoms with E-state index < -0.39 is 23.4 Å². The van der Waals surface area contributed by atoms with Crippen molar-refractivity contribution in [3.05, 3.63) is 101 Å². The lowest BCUT2D eigenvalue weighted by molar-refractivity contribution is 0.0734. The van der Waals surface area contributed by atoms with Crippen LogP contribution in [0.2, 0.25) is 0 Å². The summed E-state index contributed by atoms with van der Waals surface area (Å²) in [6.45, 7) is 0. The van der Waals surface area contributed by atoms with Gasteiger partial charge in [0.1, 0.15) is 11.6 Å². The molecule has 3 nitrogen and oxygen atoms in total. The Balaban J connectivity index is 1.86. The van der Waals surface area contributed by atoms with Crippen LogP contribution in [0.25, 0.3) is 11.6 Å². The molecule has 0 aliphatic rings. The zero-order valence-electron chi connectivity index (χ0n) is 14.3. The number of nitrogens with zero attached hydrogens (tertiary/aromatic N) is 1. The summed E-state index contributed by atoms with van der Waals surface area (Å²) in [6.07, 6.45) is 1.45. The number of benzene rings is 3. The maximum atomic E-state index is 13.9. The number of esters is 1. The summed E-state index contributed by atoms with van der Waals surface area (Å²) in [4.78, 5) is 12.1. The Bertz CT molecular complexity index is 1120. The summed E-state index contributed by atoms with van der Waals surface area (Å²) >= 11 is 0. The highest BCUT2D eigenvalue weighted by Gasteiger charge is 2.12. The van der Waals surface area contributed by atoms with Crippen LogP contribution in [0.5, 0.6) is 5.75 Å². The van der Waals surface area contributed by atoms with Gasteiger partial charge >= 0.3 is 5.97 Å². The number of carbonyl (C=O) groups excluding carboxylic acids is 1. The molecule has 0 aliphatic carbocycles. The van der Waals surface area contributed by atoms with Crippen LogP contribution in [-0.4, -0.2) is 5.97 Å². The Hall–Kier alpha value is -3.85. The van der Waals surface area contributed by atoms with Crippen molar-refractivity contribution in [2.75, 3.05) is 0 Å². The number of halogens is 3. The van der Waals surface area contributed by atoms with Gasteiger partial charge < -0.3 is 4.74 Å². The summed E-state index contributed by atoms with van der Waals surface area (Å²) in [5, 5.41) is 9.34. The first-order valence-electron chi connectivity index (χ1n) is 8.12. The fraction of sp³-hybridized carbons (Fsp3) is 0. The van der Waals surface area contributed by atoms with Crippen LogP contribution in [0, 0.1) is 28.8 Å². The molecule has 0 aromatic heterocycles. The van der Waals surface area contributed by atoms with Crippen LogP contribution in [0.15, 0.2) is 66.7 Å². The highest BCUT2D eigenvalue weighted by Crippen LogP contribution is 2.23. The molecular weight excluding hydrogens is 367 g/mol. The third-order valence-corrected chi connectivity index (χ3v) is 3.82. The standard InChI is InChI=1S/C22H12F3NO2/c23-19-7-2-1-6-18(19)16(13-26)10-14-4-3-5-17(11-14)28-22(27)15-8-9-20(24)21(25)12-15/h1-12H/b16-10-. The molecule has 3 aromatic rings. The molecule has 3 rings (SSSR count). The van der Waals surface area contributed by atoms with E-state index in [0.717, 1.165) is 18.2 Å². The second-order valence-corrected chi connectivity index (χ2v) is 5.74. The minimum atomic E-state index is -1.16. The third-order valence-electron chi connectivity index (χ3n) is 3.82. The van der Waals surface area contributed by atoms with Gasteiger partial charge in [0, 0.05) is 5.56 Å². The largest absolute Gasteiger partial charge is 0.423 e. The minimum absolute atomic E-state index is 0.0992. The second kappa shape index (κ2) is 8.23. The molecule has 0 saturated carbocycles. The van der Waals surface area contributed by atoms with Gasteiger partial charge in [-0.05, 0) is 48.0 Å². The topological polar surface area (TPSA) is 50.1 Å². The minimum Gasteiger partial charge on any atom is -0.423 e. The van der Waals surface area contributed by atoms with Crippen molar-refractivity contribution in [3.63, 3.8) is 0 Å². The molecule has 138 valence electrons. The number of ether oxygens (including phenoxy) is 1. The van der Waals surface area contributed by atoms with Crippen LogP contribution < -0.4 is 4.74 Å². The number of carbonyl (C=O) groups is 1. The van der Waals surface area contributed by atoms with Gasteiger partial charge in [-0.1, -0.05) is 30.3 Å². The van der Waals surface area contributed by atoms with E-state index in [9.17, 15) is 23.2 Å². The fourth-order valence-corrected chi connectivity index (χ4v) is 2.47. The predicted octanol–water partition coefficient (Wildman–Crippen LogP) is 5.39. The summed E-state index contributed by atoms with van der Waals surface area (Å²) in [7, 11) is 0. The van der Waals surface area contributed by atoms with Crippen LogP contribution in [0.4, 0.5) is 13.2 Å². The predicted molar refractivity (Wildman–Crippen MR) is 97.6 cm³/mol. The SMILES string of the molecule is N#C/C(=C/c1cccc(OC(=O)c2ccc(F)c(F)c2)c1)c1ccccc1F. The molecule has 0 heterocycles. The zero-order chi connectivity index (χ0) is 20.1. The number of rotatable bonds is 4. The Kier molecular flexibility index (Phi) is 5.56. The third kappa shape index (κ3) is 4.27. The van der Waals surface area contributed by atoms with Gasteiger partial charge in [0.15, 0.2) is 11.6 Å². The van der Waals surface area contributed by atoms with Crippen LogP contribution in [0.1, 0.15) is 21.5 Å². The van der Waals surface area contributed by atoms with Crippen molar-refractivity contribution < 1.29 is 22.7 Å². The zero-order valence-corrected chi connectivity index (χ0v) is 14.3. The van der Waals surface area contributed by atoms with Crippen molar-refractivity contribution in [2.24, 2.45) is 0 Å². The smallest absolute Gasteiger partial charge is 0.343 e. The van der Waals surface area contributed by atoms with Crippen LogP contribution in [0.3, 0.4) is 0 Å². The van der Waals surface area contributed by atoms with Gasteiger partial charge in [0.2, 0.25) is 0 Å². The number of allylic oxidation sites excluding steroid dienone is 1. The monoisotopic (exact) mass is 379 g/mol. The van der Waals surface area contributed by atoms with E-state index in [1.807, 2.05) is 6.07 Å². The van der Waals surface area contributed by atoms with Gasteiger partial charge in [0.25, 0.3) is 0 Å². The number of nitriles is 1. The van der Waals surface area contributed by atoms with Crippen molar-refractivity contribution in [2.45, 2.75) is 0 Å². The molecule has 28 heavy (non-hydrogen) atoms. The Morgan fingerprint density at radius 1 is 0.893 bits per heavy atom. The summed E-state index contributed by atoms with van der Waals surface area (Å²) in [5.74, 6) is -3.49.